The summed E-state index contributed by atoms with van der Waals surface area (Å²) in [6.45, 7) is 27.6. The number of halogens is 1. The zero-order valence-electron chi connectivity index (χ0n) is 79.3. The molecule has 10 aromatic carbocycles. The van der Waals surface area contributed by atoms with Gasteiger partial charge >= 0.3 is 0 Å². The van der Waals surface area contributed by atoms with Gasteiger partial charge in [-0.05, 0) is 265 Å². The molecule has 2 aliphatic rings. The monoisotopic (exact) mass is 1940 g/mol. The first-order valence-electron chi connectivity index (χ1n) is 44.0. The van der Waals surface area contributed by atoms with Gasteiger partial charge in [0.2, 0.25) is 0 Å². The molecule has 0 saturated carbocycles. The maximum atomic E-state index is 11.4. The van der Waals surface area contributed by atoms with Crippen LogP contribution in [0.5, 0.6) is 46.0 Å². The fraction of sp³-hybridized carbons (Fsp3) is 0.375. The number of phenols is 4. The van der Waals surface area contributed by atoms with Crippen LogP contribution >= 0.6 is 15.9 Å². The van der Waals surface area contributed by atoms with Gasteiger partial charge in [-0.15, -0.1) is 0 Å². The molecule has 32 heteroatoms. The SMILES string of the molecule is CC(=O)c1ccc(C)c(C)c1.CC(=O)c1ccc(O)c(C)c1.CC(C)(C)NCC(O)c1ccc(O)c(CO)c1.Cc1ccc(C(=O)CBr)cc1C.Cc1ccc(C(=O)CN)cc1CO.Cc1ccc(C(=O)CN=[N+]=[N-])cc1C.OCc1cc(C(O)CNCC(O)COc2cccc(OCC(O)CNCC(O)c3ccc(O)c(CO)c3)c2)ccc1O.c1cc(OCC2CO2)cc(OCC2CO2)c1. The number of nitrogens with zero attached hydrogens (tertiary/aromatic N) is 3. The molecule has 12 rings (SSSR count). The molecule has 2 saturated heterocycles. The molecule has 2 heterocycles. The fourth-order valence-corrected chi connectivity index (χ4v) is 12.3. The topological polar surface area (TPSA) is 521 Å². The Morgan fingerprint density at radius 3 is 1.11 bits per heavy atom. The number of carbonyl (C=O) groups excluding carboxylic acids is 5. The van der Waals surface area contributed by atoms with Crippen LogP contribution in [0.4, 0.5) is 0 Å². The number of carbonyl (C=O) groups is 5. The fourth-order valence-electron chi connectivity index (χ4n) is 11.9. The largest absolute Gasteiger partial charge is 0.508 e. The lowest BCUT2D eigenvalue weighted by Crippen LogP contribution is -2.38. The number of rotatable bonds is 38. The Morgan fingerprint density at radius 2 is 0.765 bits per heavy atom. The van der Waals surface area contributed by atoms with E-state index in [1.165, 1.54) is 65.6 Å². The summed E-state index contributed by atoms with van der Waals surface area (Å²) in [4.78, 5) is 58.1. The Labute approximate surface area is 803 Å². The number of phenolic OH excluding ortho intramolecular Hbond substituents is 1. The van der Waals surface area contributed by atoms with Crippen LogP contribution in [0.15, 0.2) is 199 Å². The highest BCUT2D eigenvalue weighted by atomic mass is 79.9. The van der Waals surface area contributed by atoms with Crippen LogP contribution in [-0.4, -0.2) is 216 Å². The van der Waals surface area contributed by atoms with Gasteiger partial charge in [-0.3, -0.25) is 24.0 Å². The number of benzene rings is 10. The zero-order chi connectivity index (χ0) is 101. The number of aromatic hydroxyl groups is 4. The molecule has 10 aromatic rings. The molecular weight excluding hydrogens is 1810 g/mol. The number of alkyl halides is 1. The molecule has 0 radical (unpaired) electrons. The molecular formula is C104H132BrN7O24. The van der Waals surface area contributed by atoms with E-state index in [0.29, 0.717) is 86.7 Å². The highest BCUT2D eigenvalue weighted by Crippen LogP contribution is 2.29. The molecule has 7 atom stereocenters. The van der Waals surface area contributed by atoms with Crippen molar-refractivity contribution in [3.05, 3.63) is 316 Å². The highest BCUT2D eigenvalue weighted by molar-refractivity contribution is 9.09. The van der Waals surface area contributed by atoms with Crippen LogP contribution in [-0.2, 0) is 35.9 Å². The molecule has 0 aliphatic carbocycles. The van der Waals surface area contributed by atoms with Crippen molar-refractivity contribution >= 4 is 44.8 Å². The second-order valence-electron chi connectivity index (χ2n) is 33.4. The van der Waals surface area contributed by atoms with E-state index >= 15 is 0 Å². The van der Waals surface area contributed by atoms with E-state index in [0.717, 1.165) is 63.7 Å². The van der Waals surface area contributed by atoms with Crippen LogP contribution in [0.2, 0.25) is 0 Å². The van der Waals surface area contributed by atoms with Crippen molar-refractivity contribution in [3.63, 3.8) is 0 Å². The quantitative estimate of drug-likeness (QED) is 0.00427. The minimum Gasteiger partial charge on any atom is -0.508 e. The number of nitrogens with two attached hydrogens (primary N) is 1. The van der Waals surface area contributed by atoms with E-state index in [2.05, 4.69) is 41.9 Å². The number of epoxide rings is 2. The highest BCUT2D eigenvalue weighted by Gasteiger charge is 2.25. The third kappa shape index (κ3) is 43.0. The number of β-amino-alcohol motifs (C(OH)–C–C–N with tert-alkyl or cyclic N) is 1. The molecule has 31 nitrogen and oxygen atoms in total. The summed E-state index contributed by atoms with van der Waals surface area (Å²) in [6.07, 6.45) is -3.61. The van der Waals surface area contributed by atoms with Crippen molar-refractivity contribution < 1.29 is 119 Å². The standard InChI is InChI=1S/C30H40N2O10.C13H21NO3.C12H14O4.C10H11BrO.C10H11N3O.C10H13NO2.C10H12O.C9H10O2/c33-15-21-8-19(4-6-27(21)37)29(39)13-31-11-23(35)17-41-25-2-1-3-26(10-25)42-18-24(36)12-32-14-30(40)20-5-7-28(38)22(9-20)16-34;1-13(2,3)14-7-12(17)9-4-5-11(16)10(6-9)8-15;1-2-9(13-5-11-7-15-11)4-10(3-1)14-6-12-8-16-12;1-7-3-4-9(5-8(7)2)10(12)6-11;1-7-3-4-9(5-8(7)2)10(14)6-12-13-11;1-7-2-3-8(10(13)5-11)4-9(7)6-12;1-7-4-5-10(9(3)11)6-8(7)2;1-6-5-8(7(2)10)3-4-9(6)11/h1-10,23-24,29-40H,11-18H2;4-6,12,14-17H,7-8H2,1-3H3;1-4,11-12H,5-8H2;3-5H,6H2,1-2H3;3-5H,6H2,1-2H3;2-4,12H,5-6,11H2,1H3;4-6H,1-3H3;3-5,11H,1-2H3. The number of nitrogens with one attached hydrogen (secondary N) is 3. The Bertz CT molecular complexity index is 5320. The van der Waals surface area contributed by atoms with Crippen LogP contribution in [0.25, 0.3) is 10.4 Å². The summed E-state index contributed by atoms with van der Waals surface area (Å²) in [5, 5.41) is 138. The van der Waals surface area contributed by atoms with Gasteiger partial charge in [-0.25, -0.2) is 0 Å². The molecule has 734 valence electrons. The average Bonchev–Trinajstić information content (AvgIpc) is 0.954. The summed E-state index contributed by atoms with van der Waals surface area (Å²) >= 11 is 3.15. The van der Waals surface area contributed by atoms with Crippen molar-refractivity contribution in [2.45, 2.75) is 165 Å². The van der Waals surface area contributed by atoms with Gasteiger partial charge in [0.1, 0.15) is 96.8 Å². The lowest BCUT2D eigenvalue weighted by atomic mass is 10.0. The maximum Gasteiger partial charge on any atom is 0.176 e. The second kappa shape index (κ2) is 59.9. The van der Waals surface area contributed by atoms with Crippen LogP contribution in [0.3, 0.4) is 0 Å². The molecule has 136 heavy (non-hydrogen) atoms. The third-order valence-electron chi connectivity index (χ3n) is 21.0. The van der Waals surface area contributed by atoms with Crippen molar-refractivity contribution in [1.29, 1.82) is 0 Å². The van der Waals surface area contributed by atoms with Crippen LogP contribution in [0, 0.1) is 55.4 Å². The van der Waals surface area contributed by atoms with Crippen molar-refractivity contribution in [3.8, 4) is 46.0 Å². The number of aliphatic hydroxyl groups excluding tert-OH is 9. The maximum absolute atomic E-state index is 11.4. The lowest BCUT2D eigenvalue weighted by molar-refractivity contribution is 0.0963. The number of Topliss-reactive ketones (excluding diaryl/α,β-unsaturated/α-hetero) is 5. The predicted molar refractivity (Wildman–Crippen MR) is 524 cm³/mol. The van der Waals surface area contributed by atoms with E-state index in [1.54, 1.807) is 92.7 Å². The van der Waals surface area contributed by atoms with E-state index in [4.69, 9.17) is 55.0 Å². The number of ketones is 5. The van der Waals surface area contributed by atoms with Gasteiger partial charge in [0.05, 0.1) is 76.4 Å². The average molecular weight is 1940 g/mol. The molecule has 0 aromatic heterocycles. The number of azide groups is 1. The van der Waals surface area contributed by atoms with Crippen molar-refractivity contribution in [2.24, 2.45) is 10.8 Å². The van der Waals surface area contributed by atoms with Gasteiger partial charge in [-0.1, -0.05) is 99.9 Å². The summed E-state index contributed by atoms with van der Waals surface area (Å²) in [6, 6.07) is 55.2. The van der Waals surface area contributed by atoms with Crippen LogP contribution < -0.4 is 40.6 Å². The zero-order valence-corrected chi connectivity index (χ0v) is 80.9. The summed E-state index contributed by atoms with van der Waals surface area (Å²) < 4.78 is 32.5. The Kier molecular flexibility index (Phi) is 50.5. The van der Waals surface area contributed by atoms with Gasteiger partial charge in [-0.2, -0.15) is 0 Å². The van der Waals surface area contributed by atoms with Gasteiger partial charge < -0.3 is 116 Å². The third-order valence-corrected chi connectivity index (χ3v) is 21.5. The first-order valence-corrected chi connectivity index (χ1v) is 45.2. The molecule has 2 fully saturated rings. The number of aliphatic hydroxyl groups is 9. The van der Waals surface area contributed by atoms with Gasteiger partial charge in [0, 0.05) is 99.8 Å². The first kappa shape index (κ1) is 115. The number of hydrogen-bond acceptors (Lipinski definition) is 29. The normalized spacial score (nSPS) is 13.6. The molecule has 18 N–H and O–H groups in total. The van der Waals surface area contributed by atoms with E-state index < -0.39 is 30.5 Å². The molecule has 0 bridgehead atoms. The Balaban J connectivity index is 0.000000293. The minimum atomic E-state index is -0.896. The smallest absolute Gasteiger partial charge is 0.176 e. The molecule has 0 spiro atoms. The minimum absolute atomic E-state index is 0.00787. The molecule has 2 aliphatic heterocycles. The lowest BCUT2D eigenvalue weighted by Gasteiger charge is -2.23. The number of ether oxygens (including phenoxy) is 6. The second-order valence-corrected chi connectivity index (χ2v) is 33.9. The van der Waals surface area contributed by atoms with Gasteiger partial charge in [0.25, 0.3) is 0 Å². The van der Waals surface area contributed by atoms with E-state index in [-0.39, 0.29) is 149 Å². The number of hydrogen-bond donors (Lipinski definition) is 17. The van der Waals surface area contributed by atoms with E-state index in [9.17, 15) is 75.0 Å². The van der Waals surface area contributed by atoms with Crippen molar-refractivity contribution in [2.75, 3.05) is 90.8 Å². The predicted octanol–water partition coefficient (Wildman–Crippen LogP) is 13.5. The summed E-state index contributed by atoms with van der Waals surface area (Å²) in [5.41, 5.74) is 28.9. The summed E-state index contributed by atoms with van der Waals surface area (Å²) in [5.74, 6) is 2.79. The van der Waals surface area contributed by atoms with Crippen LogP contribution in [0.1, 0.15) is 188 Å². The summed E-state index contributed by atoms with van der Waals surface area (Å²) in [7, 11) is 0. The number of aryl methyl sites for hydroxylation is 8. The van der Waals surface area contributed by atoms with Gasteiger partial charge in [0.15, 0.2) is 28.9 Å². The Hall–Kier alpha value is -11.9. The Morgan fingerprint density at radius 1 is 0.426 bits per heavy atom. The van der Waals surface area contributed by atoms with E-state index in [1.807, 2.05) is 148 Å². The van der Waals surface area contributed by atoms with Crippen molar-refractivity contribution in [1.82, 2.24) is 16.0 Å². The molecule has 7 unspecified atom stereocenters. The molecule has 0 amide bonds. The first-order chi connectivity index (χ1) is 64.6.